The largest absolute Gasteiger partial charge is 0.436 e. The van der Waals surface area contributed by atoms with E-state index in [0.29, 0.717) is 24.3 Å². The van der Waals surface area contributed by atoms with Crippen molar-refractivity contribution in [1.82, 2.24) is 10.2 Å². The Bertz CT molecular complexity index is 940. The molecule has 0 aliphatic heterocycles. The number of carbonyl (C=O) groups excluding carboxylic acids is 1. The zero-order valence-electron chi connectivity index (χ0n) is 26.1. The Morgan fingerprint density at radius 2 is 1.90 bits per heavy atom. The molecule has 1 amide bonds. The number of carbonyl (C=O) groups is 1. The molecule has 2 N–H and O–H groups in total. The number of fused-ring (bicyclic) bond motifs is 5. The van der Waals surface area contributed by atoms with E-state index in [1.54, 1.807) is 4.90 Å². The molecule has 0 saturated heterocycles. The van der Waals surface area contributed by atoms with Crippen molar-refractivity contribution in [3.8, 4) is 0 Å². The number of allylic oxidation sites excluding steroid dienone is 1. The molecule has 0 aromatic heterocycles. The van der Waals surface area contributed by atoms with E-state index in [1.807, 2.05) is 13.8 Å². The van der Waals surface area contributed by atoms with Crippen LogP contribution in [0.2, 0.25) is 0 Å². The van der Waals surface area contributed by atoms with Crippen LogP contribution < -0.4 is 5.32 Å². The molecule has 7 heteroatoms. The smallest absolute Gasteiger partial charge is 0.393 e. The molecule has 0 aromatic rings. The molecular formula is C32H57N4O3+. The number of amides is 1. The second kappa shape index (κ2) is 11.8. The highest BCUT2D eigenvalue weighted by Gasteiger charge is 2.59. The molecule has 4 aliphatic rings. The van der Waals surface area contributed by atoms with Gasteiger partial charge in [-0.15, -0.1) is 0 Å². The van der Waals surface area contributed by atoms with Gasteiger partial charge in [-0.2, -0.15) is 0 Å². The van der Waals surface area contributed by atoms with Gasteiger partial charge in [0.05, 0.1) is 39.5 Å². The lowest BCUT2D eigenvalue weighted by Crippen LogP contribution is -2.51. The van der Waals surface area contributed by atoms with Gasteiger partial charge in [0.15, 0.2) is 0 Å². The van der Waals surface area contributed by atoms with E-state index in [2.05, 4.69) is 58.5 Å². The minimum atomic E-state index is -0.349. The molecule has 0 unspecified atom stereocenters. The number of oxime groups is 1. The van der Waals surface area contributed by atoms with Gasteiger partial charge in [0.1, 0.15) is 0 Å². The number of aliphatic hydroxyl groups is 1. The molecule has 0 bridgehead atoms. The highest BCUT2D eigenvalue weighted by atomic mass is 16.7. The zero-order chi connectivity index (χ0) is 28.6. The quantitative estimate of drug-likeness (QED) is 0.101. The van der Waals surface area contributed by atoms with Gasteiger partial charge < -0.3 is 19.8 Å². The second-order valence-corrected chi connectivity index (χ2v) is 15.0. The van der Waals surface area contributed by atoms with E-state index in [9.17, 15) is 9.90 Å². The van der Waals surface area contributed by atoms with Crippen LogP contribution in [0.25, 0.3) is 0 Å². The van der Waals surface area contributed by atoms with Crippen molar-refractivity contribution in [3.63, 3.8) is 0 Å². The van der Waals surface area contributed by atoms with Gasteiger partial charge in [-0.1, -0.05) is 30.7 Å². The van der Waals surface area contributed by atoms with Crippen LogP contribution in [0.1, 0.15) is 86.0 Å². The van der Waals surface area contributed by atoms with Crippen molar-refractivity contribution in [2.75, 3.05) is 47.3 Å². The first-order chi connectivity index (χ1) is 18.3. The van der Waals surface area contributed by atoms with Crippen LogP contribution in [0.4, 0.5) is 4.79 Å². The van der Waals surface area contributed by atoms with Gasteiger partial charge in [-0.25, -0.2) is 4.79 Å². The maximum absolute atomic E-state index is 13.0. The maximum atomic E-state index is 13.0. The summed E-state index contributed by atoms with van der Waals surface area (Å²) in [6.45, 7) is 14.4. The average molecular weight is 546 g/mol. The van der Waals surface area contributed by atoms with Gasteiger partial charge >= 0.3 is 6.09 Å². The number of aliphatic hydroxyl groups excluding tert-OH is 1. The molecule has 0 heterocycles. The van der Waals surface area contributed by atoms with Crippen molar-refractivity contribution in [2.45, 2.75) is 98.1 Å². The average Bonchev–Trinajstić information content (AvgIpc) is 3.21. The summed E-state index contributed by atoms with van der Waals surface area (Å²) in [6, 6.07) is 0.0587. The summed E-state index contributed by atoms with van der Waals surface area (Å²) in [4.78, 5) is 20.4. The third-order valence-electron chi connectivity index (χ3n) is 11.2. The molecule has 7 nitrogen and oxygen atoms in total. The first kappa shape index (κ1) is 30.5. The number of nitrogens with zero attached hydrogens (tertiary/aromatic N) is 3. The lowest BCUT2D eigenvalue weighted by molar-refractivity contribution is -0.869. The van der Waals surface area contributed by atoms with Gasteiger partial charge in [0.2, 0.25) is 0 Å². The Labute approximate surface area is 238 Å². The third kappa shape index (κ3) is 6.41. The number of quaternary nitrogens is 1. The fourth-order valence-electron chi connectivity index (χ4n) is 8.85. The van der Waals surface area contributed by atoms with Crippen LogP contribution in [0, 0.1) is 34.5 Å². The molecule has 39 heavy (non-hydrogen) atoms. The Balaban J connectivity index is 1.36. The summed E-state index contributed by atoms with van der Waals surface area (Å²) in [5.41, 5.74) is 2.99. The summed E-state index contributed by atoms with van der Waals surface area (Å²) in [5, 5.41) is 18.2. The van der Waals surface area contributed by atoms with E-state index in [-0.39, 0.29) is 29.1 Å². The molecule has 0 aromatic carbocycles. The molecule has 4 rings (SSSR count). The topological polar surface area (TPSA) is 74.2 Å². The Hall–Kier alpha value is -1.44. The van der Waals surface area contributed by atoms with Gasteiger partial charge in [0, 0.05) is 31.6 Å². The van der Waals surface area contributed by atoms with Gasteiger partial charge in [-0.05, 0) is 101 Å². The summed E-state index contributed by atoms with van der Waals surface area (Å²) in [7, 11) is 6.55. The lowest BCUT2D eigenvalue weighted by atomic mass is 9.47. The molecule has 0 spiro atoms. The molecule has 3 saturated carbocycles. The fourth-order valence-corrected chi connectivity index (χ4v) is 8.85. The van der Waals surface area contributed by atoms with E-state index in [4.69, 9.17) is 4.84 Å². The highest BCUT2D eigenvalue weighted by molar-refractivity contribution is 5.85. The van der Waals surface area contributed by atoms with E-state index in [1.165, 1.54) is 24.8 Å². The first-order valence-electron chi connectivity index (χ1n) is 15.7. The van der Waals surface area contributed by atoms with Gasteiger partial charge in [0.25, 0.3) is 0 Å². The fraction of sp³-hybridized carbons (Fsp3) is 0.875. The number of likely N-dealkylation sites (N-methyl/N-ethyl adjacent to an activating group) is 1. The van der Waals surface area contributed by atoms with Gasteiger partial charge in [-0.3, -0.25) is 4.84 Å². The monoisotopic (exact) mass is 545 g/mol. The normalized spacial score (nSPS) is 36.6. The number of hydrogen-bond acceptors (Lipinski definition) is 5. The highest BCUT2D eigenvalue weighted by Crippen LogP contribution is 2.66. The predicted octanol–water partition coefficient (Wildman–Crippen LogP) is 5.45. The summed E-state index contributed by atoms with van der Waals surface area (Å²) >= 11 is 0. The molecule has 7 atom stereocenters. The number of nitrogens with one attached hydrogen (secondary N) is 1. The van der Waals surface area contributed by atoms with Crippen molar-refractivity contribution < 1.29 is 19.2 Å². The molecular weight excluding hydrogens is 488 g/mol. The number of hydrogen-bond donors (Lipinski definition) is 2. The Morgan fingerprint density at radius 1 is 1.15 bits per heavy atom. The number of rotatable bonds is 9. The van der Waals surface area contributed by atoms with E-state index < -0.39 is 0 Å². The molecule has 4 aliphatic carbocycles. The SMILES string of the molecule is C/C(=N\OC(=O)N(CCNCC[N+](C)(C)C)C(C)C)[C@H]1CC[C@H]2[C@@H]3CC=C4C[C@@H](O)CC[C@]4(C)[C@H]3CC[C@]12C. The van der Waals surface area contributed by atoms with E-state index >= 15 is 0 Å². The molecule has 222 valence electrons. The van der Waals surface area contributed by atoms with Crippen LogP contribution in [-0.4, -0.2) is 85.8 Å². The van der Waals surface area contributed by atoms with Crippen LogP contribution in [0.5, 0.6) is 0 Å². The standard InChI is InChI=1S/C32H57N4O3/c1-22(2)35(19-17-33-18-20-36(6,7)8)30(38)39-34-23(3)27-11-12-28-26-10-9-24-21-25(37)13-15-31(24,4)29(26)14-16-32(27,28)5/h9,22,25-29,33,37H,10-21H2,1-8H3/q+1/b34-23+/t25-,26-,27+,28-,29-,31-,32+/m0/s1. The van der Waals surface area contributed by atoms with Crippen LogP contribution in [-0.2, 0) is 4.84 Å². The van der Waals surface area contributed by atoms with Crippen molar-refractivity contribution in [3.05, 3.63) is 11.6 Å². The van der Waals surface area contributed by atoms with E-state index in [0.717, 1.165) is 67.9 Å². The maximum Gasteiger partial charge on any atom is 0.436 e. The summed E-state index contributed by atoms with van der Waals surface area (Å²) < 4.78 is 0.917. The molecule has 0 radical (unpaired) electrons. The zero-order valence-corrected chi connectivity index (χ0v) is 26.1. The lowest BCUT2D eigenvalue weighted by Gasteiger charge is -2.58. The minimum absolute atomic E-state index is 0.0587. The Kier molecular flexibility index (Phi) is 9.24. The summed E-state index contributed by atoms with van der Waals surface area (Å²) in [5.74, 6) is 2.50. The third-order valence-corrected chi connectivity index (χ3v) is 11.2. The Morgan fingerprint density at radius 3 is 2.59 bits per heavy atom. The van der Waals surface area contributed by atoms with Crippen molar-refractivity contribution in [1.29, 1.82) is 0 Å². The van der Waals surface area contributed by atoms with Crippen molar-refractivity contribution >= 4 is 11.8 Å². The van der Waals surface area contributed by atoms with Crippen LogP contribution >= 0.6 is 0 Å². The summed E-state index contributed by atoms with van der Waals surface area (Å²) in [6.07, 6.45) is 11.0. The predicted molar refractivity (Wildman–Crippen MR) is 158 cm³/mol. The first-order valence-corrected chi connectivity index (χ1v) is 15.7. The molecule has 3 fully saturated rings. The second-order valence-electron chi connectivity index (χ2n) is 15.0. The van der Waals surface area contributed by atoms with Crippen LogP contribution in [0.3, 0.4) is 0 Å². The minimum Gasteiger partial charge on any atom is -0.393 e. The van der Waals surface area contributed by atoms with Crippen LogP contribution in [0.15, 0.2) is 16.8 Å². The van der Waals surface area contributed by atoms with Crippen molar-refractivity contribution in [2.24, 2.45) is 39.7 Å².